The zero-order chi connectivity index (χ0) is 33.8. The van der Waals surface area contributed by atoms with Gasteiger partial charge in [0.25, 0.3) is 0 Å². The van der Waals surface area contributed by atoms with E-state index in [0.29, 0.717) is 12.8 Å². The lowest BCUT2D eigenvalue weighted by Gasteiger charge is -2.12. The quantitative estimate of drug-likeness (QED) is 0.0534. The molecule has 5 heteroatoms. The van der Waals surface area contributed by atoms with Crippen molar-refractivity contribution >= 4 is 11.9 Å². The van der Waals surface area contributed by atoms with E-state index in [9.17, 15) is 14.7 Å². The molecule has 46 heavy (non-hydrogen) atoms. The van der Waals surface area contributed by atoms with Crippen molar-refractivity contribution in [3.8, 4) is 0 Å². The first-order valence-corrected chi connectivity index (χ1v) is 20.4. The van der Waals surface area contributed by atoms with E-state index in [4.69, 9.17) is 9.47 Å². The lowest BCUT2D eigenvalue weighted by Crippen LogP contribution is -2.25. The second kappa shape index (κ2) is 36.7. The Labute approximate surface area is 287 Å². The van der Waals surface area contributed by atoms with Crippen LogP contribution >= 0.6 is 0 Å². The van der Waals surface area contributed by atoms with Crippen molar-refractivity contribution in [3.63, 3.8) is 0 Å². The van der Waals surface area contributed by atoms with Crippen molar-refractivity contribution in [2.45, 2.75) is 232 Å². The molecule has 0 aliphatic carbocycles. The number of ether oxygens (including phenoxy) is 2. The minimum Gasteiger partial charge on any atom is -0.463 e. The van der Waals surface area contributed by atoms with Gasteiger partial charge in [0.05, 0.1) is 0 Å². The van der Waals surface area contributed by atoms with Gasteiger partial charge in [0, 0.05) is 12.8 Å². The predicted octanol–water partition coefficient (Wildman–Crippen LogP) is 12.6. The fourth-order valence-electron chi connectivity index (χ4n) is 6.15. The molecule has 0 fully saturated rings. The topological polar surface area (TPSA) is 72.8 Å². The molecule has 0 aromatic rings. The monoisotopic (exact) mass is 653 g/mol. The largest absolute Gasteiger partial charge is 0.463 e. The van der Waals surface area contributed by atoms with Crippen LogP contribution in [0, 0.1) is 5.92 Å². The Balaban J connectivity index is 3.37. The van der Waals surface area contributed by atoms with Crippen LogP contribution in [0.15, 0.2) is 0 Å². The molecule has 5 nitrogen and oxygen atoms in total. The molecule has 0 saturated carbocycles. The Morgan fingerprint density at radius 1 is 0.435 bits per heavy atom. The summed E-state index contributed by atoms with van der Waals surface area (Å²) >= 11 is 0. The van der Waals surface area contributed by atoms with Gasteiger partial charge in [0.2, 0.25) is 0 Å². The summed E-state index contributed by atoms with van der Waals surface area (Å²) in [5, 5.41) is 10.0. The smallest absolute Gasteiger partial charge is 0.305 e. The average Bonchev–Trinajstić information content (AvgIpc) is 3.04. The van der Waals surface area contributed by atoms with Gasteiger partial charge >= 0.3 is 11.9 Å². The number of esters is 2. The van der Waals surface area contributed by atoms with Crippen LogP contribution in [-0.2, 0) is 19.1 Å². The van der Waals surface area contributed by atoms with E-state index in [-0.39, 0.29) is 25.2 Å². The molecule has 0 aliphatic heterocycles. The SMILES string of the molecule is CCCCCCCCCCCCCCCCCCC(=O)OC[C@H](O)COC(=O)CCCCCCCCCCCCCCCC(C)C. The molecule has 0 rings (SSSR count). The Morgan fingerprint density at radius 3 is 0.978 bits per heavy atom. The van der Waals surface area contributed by atoms with Gasteiger partial charge in [-0.15, -0.1) is 0 Å². The van der Waals surface area contributed by atoms with Crippen molar-refractivity contribution in [2.75, 3.05) is 13.2 Å². The van der Waals surface area contributed by atoms with Crippen molar-refractivity contribution in [1.29, 1.82) is 0 Å². The van der Waals surface area contributed by atoms with Crippen molar-refractivity contribution < 1.29 is 24.2 Å². The molecule has 0 saturated heterocycles. The third-order valence-electron chi connectivity index (χ3n) is 9.27. The Hall–Kier alpha value is -1.10. The van der Waals surface area contributed by atoms with E-state index < -0.39 is 6.10 Å². The molecule has 0 aromatic carbocycles. The minimum atomic E-state index is -0.955. The number of aliphatic hydroxyl groups excluding tert-OH is 1. The fourth-order valence-corrected chi connectivity index (χ4v) is 6.15. The molecule has 0 radical (unpaired) electrons. The molecule has 0 amide bonds. The molecule has 1 atom stereocenters. The third kappa shape index (κ3) is 37.4. The summed E-state index contributed by atoms with van der Waals surface area (Å²) in [6.07, 6.45) is 38.7. The summed E-state index contributed by atoms with van der Waals surface area (Å²) in [5.74, 6) is 0.298. The molecule has 0 aliphatic rings. The highest BCUT2D eigenvalue weighted by Gasteiger charge is 2.12. The fraction of sp³-hybridized carbons (Fsp3) is 0.951. The van der Waals surface area contributed by atoms with Gasteiger partial charge in [-0.2, -0.15) is 0 Å². The van der Waals surface area contributed by atoms with Crippen LogP contribution in [0.2, 0.25) is 0 Å². The Bertz CT molecular complexity index is 634. The standard InChI is InChI=1S/C41H80O5/c1-4-5-6-7-8-9-10-11-12-13-16-19-22-25-28-31-34-40(43)45-36-39(42)37-46-41(44)35-32-29-26-23-20-17-14-15-18-21-24-27-30-33-38(2)3/h38-39,42H,4-37H2,1-3H3/t39-/m0/s1. The first kappa shape index (κ1) is 44.9. The second-order valence-corrected chi connectivity index (χ2v) is 14.6. The lowest BCUT2D eigenvalue weighted by molar-refractivity contribution is -0.152. The van der Waals surface area contributed by atoms with Gasteiger partial charge in [-0.3, -0.25) is 9.59 Å². The maximum absolute atomic E-state index is 12.0. The van der Waals surface area contributed by atoms with Crippen LogP contribution in [0.5, 0.6) is 0 Å². The lowest BCUT2D eigenvalue weighted by atomic mass is 10.0. The predicted molar refractivity (Wildman–Crippen MR) is 196 cm³/mol. The molecule has 0 aromatic heterocycles. The summed E-state index contributed by atoms with van der Waals surface area (Å²) in [7, 11) is 0. The van der Waals surface area contributed by atoms with Crippen LogP contribution in [0.4, 0.5) is 0 Å². The summed E-state index contributed by atoms with van der Waals surface area (Å²) in [6.45, 7) is 6.68. The van der Waals surface area contributed by atoms with E-state index in [1.54, 1.807) is 0 Å². The number of rotatable bonds is 37. The van der Waals surface area contributed by atoms with Gasteiger partial charge in [0.15, 0.2) is 0 Å². The van der Waals surface area contributed by atoms with Gasteiger partial charge in [-0.25, -0.2) is 0 Å². The zero-order valence-corrected chi connectivity index (χ0v) is 31.3. The highest BCUT2D eigenvalue weighted by molar-refractivity contribution is 5.69. The molecule has 1 N–H and O–H groups in total. The maximum atomic E-state index is 12.0. The van der Waals surface area contributed by atoms with E-state index >= 15 is 0 Å². The Morgan fingerprint density at radius 2 is 0.696 bits per heavy atom. The van der Waals surface area contributed by atoms with Crippen molar-refractivity contribution in [1.82, 2.24) is 0 Å². The van der Waals surface area contributed by atoms with Crippen LogP contribution in [0.25, 0.3) is 0 Å². The number of hydrogen-bond donors (Lipinski definition) is 1. The highest BCUT2D eigenvalue weighted by atomic mass is 16.6. The van der Waals surface area contributed by atoms with Gasteiger partial charge in [-0.1, -0.05) is 201 Å². The summed E-state index contributed by atoms with van der Waals surface area (Å²) < 4.78 is 10.3. The van der Waals surface area contributed by atoms with E-state index in [1.807, 2.05) is 0 Å². The first-order chi connectivity index (χ1) is 22.5. The van der Waals surface area contributed by atoms with Crippen molar-refractivity contribution in [3.05, 3.63) is 0 Å². The molecule has 0 heterocycles. The van der Waals surface area contributed by atoms with E-state index in [1.165, 1.54) is 167 Å². The Kier molecular flexibility index (Phi) is 35.9. The molecular weight excluding hydrogens is 572 g/mol. The summed E-state index contributed by atoms with van der Waals surface area (Å²) in [4.78, 5) is 23.9. The zero-order valence-electron chi connectivity index (χ0n) is 31.3. The van der Waals surface area contributed by atoms with E-state index in [0.717, 1.165) is 31.6 Å². The van der Waals surface area contributed by atoms with Gasteiger partial charge < -0.3 is 14.6 Å². The average molecular weight is 653 g/mol. The number of hydrogen-bond acceptors (Lipinski definition) is 5. The van der Waals surface area contributed by atoms with Gasteiger partial charge in [-0.05, 0) is 18.8 Å². The van der Waals surface area contributed by atoms with Crippen molar-refractivity contribution in [2.24, 2.45) is 5.92 Å². The molecule has 274 valence electrons. The van der Waals surface area contributed by atoms with Gasteiger partial charge in [0.1, 0.15) is 19.3 Å². The summed E-state index contributed by atoms with van der Waals surface area (Å²) in [5.41, 5.74) is 0. The maximum Gasteiger partial charge on any atom is 0.305 e. The molecule has 0 spiro atoms. The minimum absolute atomic E-state index is 0.108. The molecular formula is C41H80O5. The second-order valence-electron chi connectivity index (χ2n) is 14.6. The first-order valence-electron chi connectivity index (χ1n) is 20.4. The van der Waals surface area contributed by atoms with Crippen LogP contribution in [-0.4, -0.2) is 36.4 Å². The number of unbranched alkanes of at least 4 members (excludes halogenated alkanes) is 27. The number of carbonyl (C=O) groups excluding carboxylic acids is 2. The molecule has 0 unspecified atom stereocenters. The van der Waals surface area contributed by atoms with Crippen LogP contribution in [0.1, 0.15) is 226 Å². The number of carbonyl (C=O) groups is 2. The highest BCUT2D eigenvalue weighted by Crippen LogP contribution is 2.16. The van der Waals surface area contributed by atoms with Crippen LogP contribution in [0.3, 0.4) is 0 Å². The normalized spacial score (nSPS) is 12.1. The van der Waals surface area contributed by atoms with Crippen LogP contribution < -0.4 is 0 Å². The molecule has 0 bridgehead atoms. The third-order valence-corrected chi connectivity index (χ3v) is 9.27. The van der Waals surface area contributed by atoms with E-state index in [2.05, 4.69) is 20.8 Å². The summed E-state index contributed by atoms with van der Waals surface area (Å²) in [6, 6.07) is 0. The number of aliphatic hydroxyl groups is 1.